The summed E-state index contributed by atoms with van der Waals surface area (Å²) in [5.74, 6) is 0.662. The number of H-pyrrole nitrogens is 1. The number of para-hydroxylation sites is 1. The minimum atomic E-state index is -0.137. The molecular weight excluding hydrogens is 329 g/mol. The monoisotopic (exact) mass is 342 g/mol. The number of benzene rings is 1. The molecule has 0 atom stereocenters. The van der Waals surface area contributed by atoms with E-state index in [1.807, 2.05) is 38.1 Å². The molecule has 0 saturated heterocycles. The van der Waals surface area contributed by atoms with Gasteiger partial charge in [-0.2, -0.15) is 29.4 Å². The molecule has 0 aliphatic rings. The number of nitrogens with zero attached hydrogens (tertiary/aromatic N) is 3. The van der Waals surface area contributed by atoms with Gasteiger partial charge in [0.05, 0.1) is 5.69 Å². The zero-order valence-corrected chi connectivity index (χ0v) is 14.2. The third-order valence-corrected chi connectivity index (χ3v) is 3.02. The van der Waals surface area contributed by atoms with Crippen LogP contribution in [0.3, 0.4) is 0 Å². The van der Waals surface area contributed by atoms with E-state index >= 15 is 0 Å². The van der Waals surface area contributed by atoms with Crippen LogP contribution in [0.2, 0.25) is 0 Å². The summed E-state index contributed by atoms with van der Waals surface area (Å²) in [7, 11) is 0. The number of aryl methyl sites for hydroxylation is 2. The summed E-state index contributed by atoms with van der Waals surface area (Å²) < 4.78 is 1.67. The van der Waals surface area contributed by atoms with Gasteiger partial charge in [-0.25, -0.2) is 9.67 Å². The first-order valence-electron chi connectivity index (χ1n) is 6.16. The fourth-order valence-corrected chi connectivity index (χ4v) is 2.08. The standard InChI is InChI=1S/C14H13N4O.Y/c1-3-11-15-13-12(14(19)16-11)9(2)17-18(13)10-7-5-4-6-8-10;/h4-7H,3H2,1-2H3,(H,15,16,19);/q-1;. The van der Waals surface area contributed by atoms with Crippen molar-refractivity contribution in [3.63, 3.8) is 0 Å². The zero-order chi connectivity index (χ0) is 13.4. The maximum atomic E-state index is 12.1. The van der Waals surface area contributed by atoms with Gasteiger partial charge in [0.1, 0.15) is 11.2 Å². The number of nitrogens with one attached hydrogen (secondary N) is 1. The Labute approximate surface area is 141 Å². The van der Waals surface area contributed by atoms with Crippen LogP contribution in [-0.2, 0) is 39.1 Å². The first kappa shape index (κ1) is 15.1. The predicted octanol–water partition coefficient (Wildman–Crippen LogP) is 1.78. The van der Waals surface area contributed by atoms with Gasteiger partial charge < -0.3 is 4.98 Å². The number of hydrogen-bond acceptors (Lipinski definition) is 3. The maximum Gasteiger partial charge on any atom is 0.262 e. The molecule has 3 aromatic rings. The molecule has 20 heavy (non-hydrogen) atoms. The Morgan fingerprint density at radius 3 is 2.85 bits per heavy atom. The molecule has 0 spiro atoms. The number of aromatic nitrogens is 4. The molecule has 5 nitrogen and oxygen atoms in total. The van der Waals surface area contributed by atoms with Crippen molar-refractivity contribution in [1.29, 1.82) is 0 Å². The van der Waals surface area contributed by atoms with Crippen LogP contribution in [0.25, 0.3) is 16.7 Å². The SMILES string of the molecule is CCc1nc2c(c(C)nn2-c2[c-]cccc2)c(=O)[nH]1.[Y]. The Hall–Kier alpha value is -1.33. The van der Waals surface area contributed by atoms with Gasteiger partial charge >= 0.3 is 0 Å². The maximum absolute atomic E-state index is 12.1. The van der Waals surface area contributed by atoms with E-state index in [1.54, 1.807) is 4.68 Å². The molecule has 2 heterocycles. The van der Waals surface area contributed by atoms with E-state index in [0.717, 1.165) is 5.69 Å². The summed E-state index contributed by atoms with van der Waals surface area (Å²) in [6.07, 6.45) is 0.675. The smallest absolute Gasteiger partial charge is 0.262 e. The molecule has 1 N–H and O–H groups in total. The first-order chi connectivity index (χ1) is 9.20. The summed E-state index contributed by atoms with van der Waals surface area (Å²) >= 11 is 0. The second kappa shape index (κ2) is 5.98. The molecule has 0 aliphatic carbocycles. The largest absolute Gasteiger partial charge is 0.310 e. The van der Waals surface area contributed by atoms with Crippen LogP contribution in [0.15, 0.2) is 29.1 Å². The van der Waals surface area contributed by atoms with Crippen molar-refractivity contribution in [2.75, 3.05) is 0 Å². The normalized spacial score (nSPS) is 10.5. The fourth-order valence-electron chi connectivity index (χ4n) is 2.08. The van der Waals surface area contributed by atoms with Gasteiger partial charge in [0.15, 0.2) is 5.65 Å². The van der Waals surface area contributed by atoms with Crippen molar-refractivity contribution in [2.45, 2.75) is 20.3 Å². The average molecular weight is 342 g/mol. The Balaban J connectivity index is 0.00000147. The Kier molecular flexibility index (Phi) is 4.50. The summed E-state index contributed by atoms with van der Waals surface area (Å²) in [6.45, 7) is 3.76. The summed E-state index contributed by atoms with van der Waals surface area (Å²) in [5.41, 5.74) is 1.89. The number of aromatic amines is 1. The zero-order valence-electron chi connectivity index (χ0n) is 11.3. The molecular formula is C14H13N4OY-. The van der Waals surface area contributed by atoms with E-state index < -0.39 is 0 Å². The predicted molar refractivity (Wildman–Crippen MR) is 72.4 cm³/mol. The summed E-state index contributed by atoms with van der Waals surface area (Å²) in [5, 5.41) is 4.94. The second-order valence-corrected chi connectivity index (χ2v) is 4.31. The molecule has 0 bridgehead atoms. The third kappa shape index (κ3) is 2.48. The minimum absolute atomic E-state index is 0. The average Bonchev–Trinajstić information content (AvgIpc) is 2.77. The molecule has 99 valence electrons. The fraction of sp³-hybridized carbons (Fsp3) is 0.214. The molecule has 0 amide bonds. The van der Waals surface area contributed by atoms with Crippen LogP contribution < -0.4 is 5.56 Å². The molecule has 0 saturated carbocycles. The van der Waals surface area contributed by atoms with Crippen LogP contribution in [0.1, 0.15) is 18.4 Å². The van der Waals surface area contributed by atoms with Gasteiger partial charge in [0.2, 0.25) is 0 Å². The van der Waals surface area contributed by atoms with Crippen molar-refractivity contribution < 1.29 is 32.7 Å². The molecule has 2 aromatic heterocycles. The van der Waals surface area contributed by atoms with E-state index in [1.165, 1.54) is 0 Å². The molecule has 1 radical (unpaired) electrons. The molecule has 0 unspecified atom stereocenters. The van der Waals surface area contributed by atoms with Crippen molar-refractivity contribution in [3.05, 3.63) is 52.2 Å². The van der Waals surface area contributed by atoms with Crippen molar-refractivity contribution >= 4 is 11.0 Å². The van der Waals surface area contributed by atoms with Crippen molar-refractivity contribution in [3.8, 4) is 5.69 Å². The van der Waals surface area contributed by atoms with Gasteiger partial charge in [-0.1, -0.05) is 6.92 Å². The van der Waals surface area contributed by atoms with Crippen LogP contribution in [0.5, 0.6) is 0 Å². The topological polar surface area (TPSA) is 63.6 Å². The molecule has 6 heteroatoms. The van der Waals surface area contributed by atoms with Gasteiger partial charge in [0.25, 0.3) is 5.56 Å². The van der Waals surface area contributed by atoms with E-state index in [4.69, 9.17) is 0 Å². The van der Waals surface area contributed by atoms with Crippen LogP contribution in [-0.4, -0.2) is 19.7 Å². The van der Waals surface area contributed by atoms with E-state index in [0.29, 0.717) is 29.0 Å². The minimum Gasteiger partial charge on any atom is -0.310 e. The molecule has 1 aromatic carbocycles. The van der Waals surface area contributed by atoms with Crippen molar-refractivity contribution in [2.24, 2.45) is 0 Å². The molecule has 3 rings (SSSR count). The molecule has 0 aliphatic heterocycles. The second-order valence-electron chi connectivity index (χ2n) is 4.31. The number of fused-ring (bicyclic) bond motifs is 1. The quantitative estimate of drug-likeness (QED) is 0.722. The van der Waals surface area contributed by atoms with Crippen molar-refractivity contribution in [1.82, 2.24) is 19.7 Å². The third-order valence-electron chi connectivity index (χ3n) is 3.02. The van der Waals surface area contributed by atoms with Gasteiger partial charge in [-0.05, 0) is 12.6 Å². The van der Waals surface area contributed by atoms with Gasteiger partial charge in [0, 0.05) is 39.1 Å². The van der Waals surface area contributed by atoms with Crippen LogP contribution in [0.4, 0.5) is 0 Å². The van der Waals surface area contributed by atoms with E-state index in [2.05, 4.69) is 21.1 Å². The Morgan fingerprint density at radius 1 is 1.40 bits per heavy atom. The van der Waals surface area contributed by atoms with Crippen LogP contribution in [0, 0.1) is 13.0 Å². The number of rotatable bonds is 2. The Bertz CT molecular complexity index is 792. The first-order valence-corrected chi connectivity index (χ1v) is 6.16. The van der Waals surface area contributed by atoms with E-state index in [-0.39, 0.29) is 38.3 Å². The summed E-state index contributed by atoms with van der Waals surface area (Å²) in [6, 6.07) is 10.6. The Morgan fingerprint density at radius 2 is 2.20 bits per heavy atom. The van der Waals surface area contributed by atoms with Crippen LogP contribution >= 0.6 is 0 Å². The van der Waals surface area contributed by atoms with Gasteiger partial charge in [-0.15, -0.1) is 6.07 Å². The molecule has 0 fully saturated rings. The van der Waals surface area contributed by atoms with E-state index in [9.17, 15) is 4.79 Å². The summed E-state index contributed by atoms with van der Waals surface area (Å²) in [4.78, 5) is 19.3. The number of hydrogen-bond donors (Lipinski definition) is 1. The van der Waals surface area contributed by atoms with Gasteiger partial charge in [-0.3, -0.25) is 4.79 Å².